The Morgan fingerprint density at radius 1 is 1.23 bits per heavy atom. The van der Waals surface area contributed by atoms with Gasteiger partial charge < -0.3 is 14.2 Å². The van der Waals surface area contributed by atoms with Crippen molar-refractivity contribution in [3.8, 4) is 28.5 Å². The highest BCUT2D eigenvalue weighted by Gasteiger charge is 2.16. The molecule has 3 aromatic heterocycles. The maximum absolute atomic E-state index is 12.6. The van der Waals surface area contributed by atoms with E-state index in [1.54, 1.807) is 16.9 Å². The summed E-state index contributed by atoms with van der Waals surface area (Å²) < 4.78 is 18.3. The quantitative estimate of drug-likeness (QED) is 0.462. The number of thiophene rings is 1. The van der Waals surface area contributed by atoms with Crippen molar-refractivity contribution in [3.05, 3.63) is 57.4 Å². The second kappa shape index (κ2) is 8.05. The number of aryl methyl sites for hydroxylation is 1. The number of ether oxygens (including phenoxy) is 3. The molecule has 0 fully saturated rings. The summed E-state index contributed by atoms with van der Waals surface area (Å²) in [5, 5.41) is 11.5. The molecule has 0 atom stereocenters. The number of hydrogen-bond acceptors (Lipinski definition) is 8. The van der Waals surface area contributed by atoms with Crippen LogP contribution in [0.15, 0.2) is 41.2 Å². The fourth-order valence-electron chi connectivity index (χ4n) is 3.07. The van der Waals surface area contributed by atoms with E-state index >= 15 is 0 Å². The zero-order chi connectivity index (χ0) is 21.4. The van der Waals surface area contributed by atoms with Gasteiger partial charge >= 0.3 is 0 Å². The number of anilines is 1. The molecule has 1 N–H and O–H groups in total. The average molecular weight is 455 g/mol. The minimum atomic E-state index is -0.192. The third kappa shape index (κ3) is 3.99. The van der Waals surface area contributed by atoms with Crippen molar-refractivity contribution in [2.24, 2.45) is 7.05 Å². The van der Waals surface area contributed by atoms with E-state index < -0.39 is 0 Å². The zero-order valence-electron chi connectivity index (χ0n) is 16.7. The predicted molar refractivity (Wildman–Crippen MR) is 118 cm³/mol. The molecule has 0 saturated heterocycles. The number of carbonyl (C=O) groups excluding carboxylic acids is 1. The molecule has 31 heavy (non-hydrogen) atoms. The number of rotatable bonds is 6. The second-order valence-electron chi connectivity index (χ2n) is 6.88. The summed E-state index contributed by atoms with van der Waals surface area (Å²) in [6, 6.07) is 7.27. The number of nitrogens with one attached hydrogen (secondary N) is 1. The van der Waals surface area contributed by atoms with Crippen LogP contribution in [-0.2, 0) is 13.7 Å². The molecule has 8 nitrogen and oxygen atoms in total. The van der Waals surface area contributed by atoms with Crippen LogP contribution in [0, 0.1) is 6.92 Å². The lowest BCUT2D eigenvalue weighted by Gasteiger charge is -2.05. The van der Waals surface area contributed by atoms with Gasteiger partial charge in [0.1, 0.15) is 12.4 Å². The molecule has 1 aliphatic heterocycles. The predicted octanol–water partition coefficient (Wildman–Crippen LogP) is 4.47. The van der Waals surface area contributed by atoms with Crippen LogP contribution < -0.4 is 19.5 Å². The van der Waals surface area contributed by atoms with Crippen molar-refractivity contribution in [2.45, 2.75) is 13.5 Å². The van der Waals surface area contributed by atoms with E-state index in [0.29, 0.717) is 33.9 Å². The minimum Gasteiger partial charge on any atom is -0.489 e. The monoisotopic (exact) mass is 454 g/mol. The SMILES string of the molecule is Cc1c(-c2csc(NC(=O)c3cc(COc4ccc5c(c4)OCO5)cs3)n2)cnn1C. The van der Waals surface area contributed by atoms with Gasteiger partial charge in [0.2, 0.25) is 6.79 Å². The highest BCUT2D eigenvalue weighted by atomic mass is 32.1. The van der Waals surface area contributed by atoms with Gasteiger partial charge in [-0.05, 0) is 30.5 Å². The summed E-state index contributed by atoms with van der Waals surface area (Å²) in [5.41, 5.74) is 3.69. The van der Waals surface area contributed by atoms with Gasteiger partial charge in [0.25, 0.3) is 5.91 Å². The molecule has 0 radical (unpaired) electrons. The molecular formula is C21H18N4O4S2. The number of fused-ring (bicyclic) bond motifs is 1. The normalized spacial score (nSPS) is 12.2. The molecule has 1 aliphatic rings. The maximum atomic E-state index is 12.6. The highest BCUT2D eigenvalue weighted by Crippen LogP contribution is 2.35. The Kier molecular flexibility index (Phi) is 5.08. The molecule has 158 valence electrons. The number of amides is 1. The van der Waals surface area contributed by atoms with E-state index in [1.807, 2.05) is 42.9 Å². The van der Waals surface area contributed by atoms with Crippen LogP contribution in [-0.4, -0.2) is 27.5 Å². The molecule has 4 aromatic rings. The number of nitrogens with zero attached hydrogens (tertiary/aromatic N) is 3. The third-order valence-corrected chi connectivity index (χ3v) is 6.60. The number of aromatic nitrogens is 3. The maximum Gasteiger partial charge on any atom is 0.267 e. The molecule has 1 aromatic carbocycles. The van der Waals surface area contributed by atoms with Gasteiger partial charge in [0.05, 0.1) is 16.8 Å². The smallest absolute Gasteiger partial charge is 0.267 e. The lowest BCUT2D eigenvalue weighted by atomic mass is 10.2. The molecule has 0 unspecified atom stereocenters. The van der Waals surface area contributed by atoms with Gasteiger partial charge in [0.15, 0.2) is 16.6 Å². The molecule has 0 bridgehead atoms. The molecule has 0 saturated carbocycles. The number of hydrogen-bond donors (Lipinski definition) is 1. The average Bonchev–Trinajstić information content (AvgIpc) is 3.55. The van der Waals surface area contributed by atoms with Crippen molar-refractivity contribution >= 4 is 33.7 Å². The Labute approximate surface area is 186 Å². The Morgan fingerprint density at radius 2 is 2.10 bits per heavy atom. The van der Waals surface area contributed by atoms with Gasteiger partial charge in [-0.1, -0.05) is 0 Å². The van der Waals surface area contributed by atoms with Crippen LogP contribution in [0.2, 0.25) is 0 Å². The standard InChI is InChI=1S/C21H18N4O4S2/c1-12-15(7-22-25(12)2)16-10-31-21(23-16)24-20(26)19-5-13(9-30-19)8-27-14-3-4-17-18(6-14)29-11-28-17/h3-7,9-10H,8,11H2,1-2H3,(H,23,24,26). The van der Waals surface area contributed by atoms with Gasteiger partial charge in [0, 0.05) is 35.3 Å². The summed E-state index contributed by atoms with van der Waals surface area (Å²) in [7, 11) is 1.89. The fourth-order valence-corrected chi connectivity index (χ4v) is 4.56. The fraction of sp³-hybridized carbons (Fsp3) is 0.190. The summed E-state index contributed by atoms with van der Waals surface area (Å²) in [6.07, 6.45) is 1.78. The highest BCUT2D eigenvalue weighted by molar-refractivity contribution is 7.14. The van der Waals surface area contributed by atoms with E-state index in [2.05, 4.69) is 15.4 Å². The number of benzene rings is 1. The van der Waals surface area contributed by atoms with Gasteiger partial charge in [-0.15, -0.1) is 22.7 Å². The Morgan fingerprint density at radius 3 is 2.94 bits per heavy atom. The molecule has 0 spiro atoms. The molecule has 4 heterocycles. The topological polar surface area (TPSA) is 87.5 Å². The Balaban J connectivity index is 1.21. The summed E-state index contributed by atoms with van der Waals surface area (Å²) in [6.45, 7) is 2.56. The van der Waals surface area contributed by atoms with E-state index in [0.717, 1.165) is 22.5 Å². The van der Waals surface area contributed by atoms with Crippen LogP contribution in [0.4, 0.5) is 5.13 Å². The third-order valence-electron chi connectivity index (χ3n) is 4.86. The second-order valence-corrected chi connectivity index (χ2v) is 8.65. The summed E-state index contributed by atoms with van der Waals surface area (Å²) in [5.74, 6) is 1.88. The first kappa shape index (κ1) is 19.6. The van der Waals surface area contributed by atoms with Gasteiger partial charge in [-0.3, -0.25) is 14.8 Å². The molecule has 10 heteroatoms. The van der Waals surface area contributed by atoms with Crippen LogP contribution in [0.25, 0.3) is 11.3 Å². The Bertz CT molecular complexity index is 1260. The zero-order valence-corrected chi connectivity index (χ0v) is 18.4. The summed E-state index contributed by atoms with van der Waals surface area (Å²) in [4.78, 5) is 17.7. The van der Waals surface area contributed by atoms with Crippen molar-refractivity contribution < 1.29 is 19.0 Å². The van der Waals surface area contributed by atoms with Crippen LogP contribution in [0.3, 0.4) is 0 Å². The lowest BCUT2D eigenvalue weighted by molar-refractivity contribution is 0.103. The largest absolute Gasteiger partial charge is 0.489 e. The summed E-state index contributed by atoms with van der Waals surface area (Å²) >= 11 is 2.76. The van der Waals surface area contributed by atoms with E-state index in [4.69, 9.17) is 14.2 Å². The van der Waals surface area contributed by atoms with Crippen molar-refractivity contribution in [3.63, 3.8) is 0 Å². The first-order chi connectivity index (χ1) is 15.1. The van der Waals surface area contributed by atoms with Crippen molar-refractivity contribution in [1.29, 1.82) is 0 Å². The Hall–Kier alpha value is -3.37. The van der Waals surface area contributed by atoms with E-state index in [9.17, 15) is 4.79 Å². The minimum absolute atomic E-state index is 0.192. The van der Waals surface area contributed by atoms with Crippen molar-refractivity contribution in [2.75, 3.05) is 12.1 Å². The van der Waals surface area contributed by atoms with Crippen LogP contribution in [0.1, 0.15) is 20.9 Å². The van der Waals surface area contributed by atoms with Gasteiger partial charge in [-0.25, -0.2) is 4.98 Å². The number of carbonyl (C=O) groups is 1. The molecule has 0 aliphatic carbocycles. The number of thiazole rings is 1. The van der Waals surface area contributed by atoms with Gasteiger partial charge in [-0.2, -0.15) is 5.10 Å². The van der Waals surface area contributed by atoms with E-state index in [-0.39, 0.29) is 12.7 Å². The first-order valence-electron chi connectivity index (χ1n) is 9.42. The lowest BCUT2D eigenvalue weighted by Crippen LogP contribution is -2.09. The van der Waals surface area contributed by atoms with Crippen LogP contribution in [0.5, 0.6) is 17.2 Å². The van der Waals surface area contributed by atoms with E-state index in [1.165, 1.54) is 22.7 Å². The van der Waals surface area contributed by atoms with Crippen molar-refractivity contribution in [1.82, 2.24) is 14.8 Å². The molecule has 5 rings (SSSR count). The first-order valence-corrected chi connectivity index (χ1v) is 11.2. The van der Waals surface area contributed by atoms with Crippen LogP contribution >= 0.6 is 22.7 Å². The molecule has 1 amide bonds. The molecular weight excluding hydrogens is 436 g/mol.